The van der Waals surface area contributed by atoms with E-state index in [0.717, 1.165) is 19.0 Å². The summed E-state index contributed by atoms with van der Waals surface area (Å²) in [5.41, 5.74) is 1.17. The highest BCUT2D eigenvalue weighted by Gasteiger charge is 2.21. The molecule has 0 aromatic carbocycles. The van der Waals surface area contributed by atoms with Gasteiger partial charge in [0.25, 0.3) is 0 Å². The molecule has 1 N–H and O–H groups in total. The lowest BCUT2D eigenvalue weighted by Crippen LogP contribution is -2.35. The first-order valence-electron chi connectivity index (χ1n) is 6.06. The Bertz CT molecular complexity index is 322. The zero-order valence-electron chi connectivity index (χ0n) is 10.1. The van der Waals surface area contributed by atoms with E-state index in [0.29, 0.717) is 5.92 Å². The lowest BCUT2D eigenvalue weighted by atomic mass is 9.93. The number of piperidine rings is 1. The van der Waals surface area contributed by atoms with Crippen LogP contribution >= 0.6 is 0 Å². The molecular formula is C12H19BN2O. The van der Waals surface area contributed by atoms with E-state index in [1.807, 2.05) is 26.2 Å². The molecule has 1 fully saturated rings. The highest BCUT2D eigenvalue weighted by Crippen LogP contribution is 2.20. The van der Waals surface area contributed by atoms with Crippen LogP contribution in [0, 0.1) is 5.92 Å². The summed E-state index contributed by atoms with van der Waals surface area (Å²) in [5.74, 6) is 1.40. The molecule has 0 spiro atoms. The molecule has 0 radical (unpaired) electrons. The van der Waals surface area contributed by atoms with Gasteiger partial charge in [-0.1, -0.05) is 11.5 Å². The minimum Gasteiger partial charge on any atom is -0.474 e. The van der Waals surface area contributed by atoms with Crippen LogP contribution in [0.15, 0.2) is 18.3 Å². The van der Waals surface area contributed by atoms with Crippen molar-refractivity contribution >= 4 is 13.3 Å². The average molecular weight is 218 g/mol. The molecule has 0 saturated carbocycles. The standard InChI is InChI=1S/C12H19BN2O/c1-9(10-4-6-14-7-5-10)16-12-3-2-11(13)8-15-12/h2-3,8-10,14H,4-7,13H2,1H3. The summed E-state index contributed by atoms with van der Waals surface area (Å²) in [5, 5.41) is 3.37. The van der Waals surface area contributed by atoms with Gasteiger partial charge >= 0.3 is 0 Å². The predicted molar refractivity (Wildman–Crippen MR) is 68.1 cm³/mol. The average Bonchev–Trinajstić information content (AvgIpc) is 2.33. The first kappa shape index (κ1) is 11.5. The Morgan fingerprint density at radius 1 is 1.44 bits per heavy atom. The summed E-state index contributed by atoms with van der Waals surface area (Å²) in [6.07, 6.45) is 4.52. The number of aromatic nitrogens is 1. The van der Waals surface area contributed by atoms with Gasteiger partial charge in [-0.3, -0.25) is 0 Å². The second-order valence-electron chi connectivity index (χ2n) is 4.58. The van der Waals surface area contributed by atoms with E-state index in [2.05, 4.69) is 17.2 Å². The van der Waals surface area contributed by atoms with Crippen molar-refractivity contribution in [2.24, 2.45) is 5.92 Å². The Morgan fingerprint density at radius 3 is 2.81 bits per heavy atom. The van der Waals surface area contributed by atoms with E-state index in [9.17, 15) is 0 Å². The summed E-state index contributed by atoms with van der Waals surface area (Å²) in [7, 11) is 2.03. The number of ether oxygens (including phenoxy) is 1. The van der Waals surface area contributed by atoms with Crippen LogP contribution in [0.2, 0.25) is 0 Å². The van der Waals surface area contributed by atoms with E-state index in [-0.39, 0.29) is 6.10 Å². The van der Waals surface area contributed by atoms with E-state index >= 15 is 0 Å². The zero-order valence-corrected chi connectivity index (χ0v) is 10.1. The molecule has 1 aromatic heterocycles. The van der Waals surface area contributed by atoms with Gasteiger partial charge in [0.2, 0.25) is 5.88 Å². The summed E-state index contributed by atoms with van der Waals surface area (Å²) in [4.78, 5) is 4.28. The molecule has 1 aliphatic heterocycles. The summed E-state index contributed by atoms with van der Waals surface area (Å²) in [6.45, 7) is 4.37. The molecule has 1 saturated heterocycles. The van der Waals surface area contributed by atoms with Crippen molar-refractivity contribution in [3.05, 3.63) is 18.3 Å². The molecular weight excluding hydrogens is 199 g/mol. The molecule has 0 bridgehead atoms. The van der Waals surface area contributed by atoms with Gasteiger partial charge in [-0.15, -0.1) is 0 Å². The van der Waals surface area contributed by atoms with Crippen molar-refractivity contribution in [2.45, 2.75) is 25.9 Å². The maximum Gasteiger partial charge on any atom is 0.213 e. The van der Waals surface area contributed by atoms with E-state index in [4.69, 9.17) is 4.74 Å². The third kappa shape index (κ3) is 2.98. The molecule has 3 nitrogen and oxygen atoms in total. The summed E-state index contributed by atoms with van der Waals surface area (Å²) < 4.78 is 5.87. The number of nitrogens with zero attached hydrogens (tertiary/aromatic N) is 1. The quantitative estimate of drug-likeness (QED) is 0.731. The van der Waals surface area contributed by atoms with Gasteiger partial charge in [0.05, 0.1) is 0 Å². The van der Waals surface area contributed by atoms with E-state index in [1.165, 1.54) is 18.3 Å². The third-order valence-electron chi connectivity index (χ3n) is 3.24. The lowest BCUT2D eigenvalue weighted by molar-refractivity contribution is 0.123. The highest BCUT2D eigenvalue weighted by molar-refractivity contribution is 6.32. The normalized spacial score (nSPS) is 19.3. The molecule has 4 heteroatoms. The highest BCUT2D eigenvalue weighted by atomic mass is 16.5. The first-order chi connectivity index (χ1) is 7.75. The molecule has 16 heavy (non-hydrogen) atoms. The maximum atomic E-state index is 5.87. The third-order valence-corrected chi connectivity index (χ3v) is 3.24. The SMILES string of the molecule is Bc1ccc(OC(C)C2CCNCC2)nc1. The van der Waals surface area contributed by atoms with Gasteiger partial charge in [0, 0.05) is 6.20 Å². The van der Waals surface area contributed by atoms with Crippen LogP contribution < -0.4 is 15.5 Å². The van der Waals surface area contributed by atoms with Gasteiger partial charge in [-0.2, -0.15) is 0 Å². The second-order valence-corrected chi connectivity index (χ2v) is 4.58. The lowest BCUT2D eigenvalue weighted by Gasteiger charge is -2.28. The van der Waals surface area contributed by atoms with Gasteiger partial charge in [0.1, 0.15) is 14.0 Å². The largest absolute Gasteiger partial charge is 0.474 e. The number of nitrogens with one attached hydrogen (secondary N) is 1. The van der Waals surface area contributed by atoms with Crippen molar-refractivity contribution < 1.29 is 4.74 Å². The Hall–Kier alpha value is -1.03. The Kier molecular flexibility index (Phi) is 3.83. The fourth-order valence-corrected chi connectivity index (χ4v) is 2.12. The Morgan fingerprint density at radius 2 is 2.19 bits per heavy atom. The molecule has 1 unspecified atom stereocenters. The van der Waals surface area contributed by atoms with Gasteiger partial charge < -0.3 is 10.1 Å². The Balaban J connectivity index is 1.90. The maximum absolute atomic E-state index is 5.87. The van der Waals surface area contributed by atoms with Crippen LogP contribution in [0.25, 0.3) is 0 Å². The molecule has 2 heterocycles. The van der Waals surface area contributed by atoms with Gasteiger partial charge in [-0.25, -0.2) is 4.98 Å². The monoisotopic (exact) mass is 218 g/mol. The number of rotatable bonds is 3. The second kappa shape index (κ2) is 5.35. The smallest absolute Gasteiger partial charge is 0.213 e. The van der Waals surface area contributed by atoms with E-state index in [1.54, 1.807) is 0 Å². The summed E-state index contributed by atoms with van der Waals surface area (Å²) >= 11 is 0. The van der Waals surface area contributed by atoms with Crippen LogP contribution in [0.1, 0.15) is 19.8 Å². The van der Waals surface area contributed by atoms with Crippen LogP contribution in [-0.4, -0.2) is 32.0 Å². The molecule has 0 amide bonds. The summed E-state index contributed by atoms with van der Waals surface area (Å²) in [6, 6.07) is 3.99. The molecule has 1 aromatic rings. The van der Waals surface area contributed by atoms with Crippen LogP contribution in [0.5, 0.6) is 5.88 Å². The number of hydrogen-bond donors (Lipinski definition) is 1. The van der Waals surface area contributed by atoms with Crippen molar-refractivity contribution in [1.82, 2.24) is 10.3 Å². The zero-order chi connectivity index (χ0) is 11.4. The molecule has 2 rings (SSSR count). The van der Waals surface area contributed by atoms with Crippen molar-refractivity contribution in [3.8, 4) is 5.88 Å². The number of pyridine rings is 1. The van der Waals surface area contributed by atoms with Crippen LogP contribution in [-0.2, 0) is 0 Å². The topological polar surface area (TPSA) is 34.1 Å². The molecule has 86 valence electrons. The van der Waals surface area contributed by atoms with E-state index < -0.39 is 0 Å². The van der Waals surface area contributed by atoms with Gasteiger partial charge in [-0.05, 0) is 44.8 Å². The van der Waals surface area contributed by atoms with Crippen LogP contribution in [0.3, 0.4) is 0 Å². The van der Waals surface area contributed by atoms with Gasteiger partial charge in [0.15, 0.2) is 0 Å². The fourth-order valence-electron chi connectivity index (χ4n) is 2.12. The Labute approximate surface area is 98.0 Å². The van der Waals surface area contributed by atoms with Crippen molar-refractivity contribution in [2.75, 3.05) is 13.1 Å². The van der Waals surface area contributed by atoms with Crippen molar-refractivity contribution in [1.29, 1.82) is 0 Å². The van der Waals surface area contributed by atoms with Crippen LogP contribution in [0.4, 0.5) is 0 Å². The minimum absolute atomic E-state index is 0.261. The first-order valence-corrected chi connectivity index (χ1v) is 6.06. The number of hydrogen-bond acceptors (Lipinski definition) is 3. The predicted octanol–water partition coefficient (Wildman–Crippen LogP) is 0.107. The fraction of sp³-hybridized carbons (Fsp3) is 0.583. The molecule has 0 aliphatic carbocycles. The molecule has 1 aliphatic rings. The minimum atomic E-state index is 0.261. The molecule has 1 atom stereocenters. The van der Waals surface area contributed by atoms with Crippen molar-refractivity contribution in [3.63, 3.8) is 0 Å².